The monoisotopic (exact) mass is 293 g/mol. The topological polar surface area (TPSA) is 41.9 Å². The first-order valence-corrected chi connectivity index (χ1v) is 7.47. The van der Waals surface area contributed by atoms with Crippen molar-refractivity contribution in [2.75, 3.05) is 6.79 Å². The highest BCUT2D eigenvalue weighted by Crippen LogP contribution is 2.40. The molecule has 1 N–H and O–H groups in total. The summed E-state index contributed by atoms with van der Waals surface area (Å²) in [6.45, 7) is 10.9. The van der Waals surface area contributed by atoms with Gasteiger partial charge in [0.05, 0.1) is 18.2 Å². The van der Waals surface area contributed by atoms with Crippen LogP contribution in [0.15, 0.2) is 24.3 Å². The van der Waals surface area contributed by atoms with Crippen molar-refractivity contribution in [1.29, 1.82) is 0 Å². The second-order valence-corrected chi connectivity index (χ2v) is 7.09. The first-order valence-electron chi connectivity index (χ1n) is 7.47. The van der Waals surface area contributed by atoms with Crippen molar-refractivity contribution < 1.29 is 14.7 Å². The van der Waals surface area contributed by atoms with E-state index in [2.05, 4.69) is 31.2 Å². The Bertz CT molecular complexity index is 467. The fourth-order valence-corrected chi connectivity index (χ4v) is 2.94. The van der Waals surface area contributed by atoms with Crippen molar-refractivity contribution in [1.82, 2.24) is 5.06 Å². The van der Waals surface area contributed by atoms with Gasteiger partial charge in [-0.3, -0.25) is 0 Å². The van der Waals surface area contributed by atoms with Gasteiger partial charge in [0.2, 0.25) is 0 Å². The van der Waals surface area contributed by atoms with E-state index in [0.29, 0.717) is 6.61 Å². The second-order valence-electron chi connectivity index (χ2n) is 7.09. The van der Waals surface area contributed by atoms with E-state index in [4.69, 9.17) is 9.47 Å². The quantitative estimate of drug-likeness (QED) is 0.666. The van der Waals surface area contributed by atoms with E-state index in [1.807, 2.05) is 27.7 Å². The molecule has 1 atom stereocenters. The summed E-state index contributed by atoms with van der Waals surface area (Å²) in [5.74, 6) is 0. The zero-order chi connectivity index (χ0) is 15.7. The molecule has 1 aromatic rings. The zero-order valence-corrected chi connectivity index (χ0v) is 13.7. The maximum atomic E-state index is 10.2. The molecule has 0 amide bonds. The first kappa shape index (κ1) is 16.4. The van der Waals surface area contributed by atoms with Gasteiger partial charge in [-0.05, 0) is 46.6 Å². The van der Waals surface area contributed by atoms with Crippen molar-refractivity contribution in [3.8, 4) is 0 Å². The van der Waals surface area contributed by atoms with Crippen LogP contribution in [0.25, 0.3) is 0 Å². The van der Waals surface area contributed by atoms with E-state index in [1.54, 1.807) is 0 Å². The van der Waals surface area contributed by atoms with Crippen LogP contribution in [0.1, 0.15) is 45.2 Å². The first-order chi connectivity index (χ1) is 9.73. The van der Waals surface area contributed by atoms with Crippen LogP contribution in [-0.2, 0) is 16.1 Å². The van der Waals surface area contributed by atoms with Crippen molar-refractivity contribution in [3.05, 3.63) is 35.4 Å². The molecule has 0 saturated carbocycles. The Labute approximate surface area is 127 Å². The fraction of sp³-hybridized carbons (Fsp3) is 0.647. The van der Waals surface area contributed by atoms with Gasteiger partial charge in [-0.15, -0.1) is 0 Å². The molecule has 118 valence electrons. The molecule has 4 nitrogen and oxygen atoms in total. The van der Waals surface area contributed by atoms with Crippen LogP contribution < -0.4 is 0 Å². The summed E-state index contributed by atoms with van der Waals surface area (Å²) < 4.78 is 11.4. The minimum atomic E-state index is -0.406. The van der Waals surface area contributed by atoms with E-state index in [1.165, 1.54) is 10.6 Å². The molecular weight excluding hydrogens is 266 g/mol. The van der Waals surface area contributed by atoms with Gasteiger partial charge < -0.3 is 14.7 Å². The van der Waals surface area contributed by atoms with Crippen LogP contribution >= 0.6 is 0 Å². The number of hydrogen-bond acceptors (Lipinski definition) is 4. The van der Waals surface area contributed by atoms with Crippen molar-refractivity contribution in [3.63, 3.8) is 0 Å². The summed E-state index contributed by atoms with van der Waals surface area (Å²) in [7, 11) is 0. The number of hydrogen-bond donors (Lipinski definition) is 1. The Hall–Kier alpha value is -0.940. The van der Waals surface area contributed by atoms with Crippen LogP contribution in [0.4, 0.5) is 0 Å². The number of ether oxygens (including phenoxy) is 2. The SMILES string of the molecule is Cc1ccc(COCOC2CC(C)(C)N(O)C2(C)C)cc1. The van der Waals surface area contributed by atoms with Crippen molar-refractivity contribution >= 4 is 0 Å². The van der Waals surface area contributed by atoms with Gasteiger partial charge in [-0.25, -0.2) is 0 Å². The lowest BCUT2D eigenvalue weighted by Crippen LogP contribution is -2.49. The highest BCUT2D eigenvalue weighted by Gasteiger charge is 2.52. The van der Waals surface area contributed by atoms with E-state index in [9.17, 15) is 5.21 Å². The molecule has 1 aromatic carbocycles. The maximum absolute atomic E-state index is 10.2. The second kappa shape index (κ2) is 6.05. The zero-order valence-electron chi connectivity index (χ0n) is 13.7. The van der Waals surface area contributed by atoms with Gasteiger partial charge in [0.1, 0.15) is 6.79 Å². The van der Waals surface area contributed by atoms with Gasteiger partial charge >= 0.3 is 0 Å². The van der Waals surface area contributed by atoms with Crippen molar-refractivity contribution in [2.45, 2.75) is 64.8 Å². The van der Waals surface area contributed by atoms with Crippen LogP contribution in [0.2, 0.25) is 0 Å². The molecule has 1 unspecified atom stereocenters. The van der Waals surface area contributed by atoms with E-state index in [-0.39, 0.29) is 18.4 Å². The standard InChI is InChI=1S/C17H27NO3/c1-13-6-8-14(9-7-13)11-20-12-21-15-10-16(2,3)18(19)17(15,4)5/h6-9,15,19H,10-12H2,1-5H3. The molecule has 1 aliphatic heterocycles. The van der Waals surface area contributed by atoms with E-state index < -0.39 is 5.54 Å². The fourth-order valence-electron chi connectivity index (χ4n) is 2.94. The Morgan fingerprint density at radius 2 is 1.81 bits per heavy atom. The van der Waals surface area contributed by atoms with Crippen LogP contribution in [0, 0.1) is 6.92 Å². The summed E-state index contributed by atoms with van der Waals surface area (Å²) in [4.78, 5) is 0. The lowest BCUT2D eigenvalue weighted by atomic mass is 9.97. The Kier molecular flexibility index (Phi) is 4.73. The Morgan fingerprint density at radius 3 is 2.33 bits per heavy atom. The average Bonchev–Trinajstić information content (AvgIpc) is 2.57. The summed E-state index contributed by atoms with van der Waals surface area (Å²) >= 11 is 0. The largest absolute Gasteiger partial charge is 0.351 e. The van der Waals surface area contributed by atoms with Gasteiger partial charge in [0, 0.05) is 5.54 Å². The predicted octanol–water partition coefficient (Wildman–Crippen LogP) is 3.51. The molecule has 0 aliphatic carbocycles. The summed E-state index contributed by atoms with van der Waals surface area (Å²) in [5, 5.41) is 11.6. The third kappa shape index (κ3) is 3.64. The average molecular weight is 293 g/mol. The smallest absolute Gasteiger partial charge is 0.147 e. The van der Waals surface area contributed by atoms with Gasteiger partial charge in [-0.1, -0.05) is 29.8 Å². The molecule has 0 aromatic heterocycles. The third-order valence-electron chi connectivity index (χ3n) is 4.33. The number of nitrogens with zero attached hydrogens (tertiary/aromatic N) is 1. The molecule has 0 radical (unpaired) electrons. The number of hydroxylamine groups is 2. The van der Waals surface area contributed by atoms with Crippen LogP contribution in [0.3, 0.4) is 0 Å². The molecule has 0 bridgehead atoms. The molecule has 1 fully saturated rings. The van der Waals surface area contributed by atoms with E-state index >= 15 is 0 Å². The predicted molar refractivity (Wildman–Crippen MR) is 82.1 cm³/mol. The Morgan fingerprint density at radius 1 is 1.19 bits per heavy atom. The summed E-state index contributed by atoms with van der Waals surface area (Å²) in [6, 6.07) is 8.28. The highest BCUT2D eigenvalue weighted by atomic mass is 16.7. The highest BCUT2D eigenvalue weighted by molar-refractivity contribution is 5.20. The van der Waals surface area contributed by atoms with E-state index in [0.717, 1.165) is 12.0 Å². The van der Waals surface area contributed by atoms with Crippen LogP contribution in [-0.4, -0.2) is 34.2 Å². The molecule has 0 spiro atoms. The summed E-state index contributed by atoms with van der Waals surface area (Å²) in [5.41, 5.74) is 1.70. The van der Waals surface area contributed by atoms with Gasteiger partial charge in [0.15, 0.2) is 0 Å². The van der Waals surface area contributed by atoms with Gasteiger partial charge in [-0.2, -0.15) is 5.06 Å². The lowest BCUT2D eigenvalue weighted by molar-refractivity contribution is -0.211. The third-order valence-corrected chi connectivity index (χ3v) is 4.33. The molecule has 21 heavy (non-hydrogen) atoms. The van der Waals surface area contributed by atoms with Crippen molar-refractivity contribution in [2.24, 2.45) is 0 Å². The molecule has 4 heteroatoms. The summed E-state index contributed by atoms with van der Waals surface area (Å²) in [6.07, 6.45) is 0.736. The minimum absolute atomic E-state index is 0.0458. The van der Waals surface area contributed by atoms with Gasteiger partial charge in [0.25, 0.3) is 0 Å². The normalized spacial score (nSPS) is 24.4. The molecule has 1 aliphatic rings. The number of rotatable bonds is 5. The molecule has 2 rings (SSSR count). The molecular formula is C17H27NO3. The molecule has 1 saturated heterocycles. The number of benzene rings is 1. The molecule has 1 heterocycles. The minimum Gasteiger partial charge on any atom is -0.351 e. The Balaban J connectivity index is 1.80. The van der Waals surface area contributed by atoms with Crippen LogP contribution in [0.5, 0.6) is 0 Å². The number of aryl methyl sites for hydroxylation is 1. The lowest BCUT2D eigenvalue weighted by Gasteiger charge is -2.35. The maximum Gasteiger partial charge on any atom is 0.147 e.